The van der Waals surface area contributed by atoms with Gasteiger partial charge in [-0.05, 0) is 52.6 Å². The van der Waals surface area contributed by atoms with Gasteiger partial charge in [0.25, 0.3) is 11.4 Å². The van der Waals surface area contributed by atoms with Gasteiger partial charge in [0.2, 0.25) is 0 Å². The number of para-hydroxylation sites is 1. The molecular weight excluding hydrogens is 615 g/mol. The molecule has 236 valence electrons. The van der Waals surface area contributed by atoms with E-state index in [4.69, 9.17) is 9.47 Å². The zero-order valence-corrected chi connectivity index (χ0v) is 27.6. The monoisotopic (exact) mass is 645 g/mol. The second-order valence-electron chi connectivity index (χ2n) is 14.2. The highest BCUT2D eigenvalue weighted by molar-refractivity contribution is 6.12. The molecule has 3 aromatic heterocycles. The lowest BCUT2D eigenvalue weighted by atomic mass is 9.82. The van der Waals surface area contributed by atoms with Crippen LogP contribution in [0.25, 0.3) is 38.9 Å². The van der Waals surface area contributed by atoms with Gasteiger partial charge < -0.3 is 14.0 Å². The number of fused-ring (bicyclic) bond motifs is 5. The van der Waals surface area contributed by atoms with Crippen LogP contribution in [0.2, 0.25) is 0 Å². The van der Waals surface area contributed by atoms with Gasteiger partial charge in [-0.15, -0.1) is 0 Å². The molecule has 4 aliphatic heterocycles. The maximum atomic E-state index is 7.10. The third-order valence-corrected chi connectivity index (χ3v) is 11.8. The smallest absolute Gasteiger partial charge is 0.404 e. The van der Waals surface area contributed by atoms with E-state index >= 15 is 0 Å². The summed E-state index contributed by atoms with van der Waals surface area (Å²) in [4.78, 5) is 0. The highest BCUT2D eigenvalue weighted by Gasteiger charge is 2.74. The van der Waals surface area contributed by atoms with Crippen molar-refractivity contribution in [1.82, 2.24) is 4.57 Å². The number of nitrogens with zero attached hydrogens (tertiary/aromatic N) is 3. The number of aromatic nitrogens is 3. The van der Waals surface area contributed by atoms with Crippen molar-refractivity contribution in [2.75, 3.05) is 0 Å². The fourth-order valence-corrected chi connectivity index (χ4v) is 9.49. The fraction of sp³-hybridized carbons (Fsp3) is 0.111. The first-order valence-electron chi connectivity index (χ1n) is 17.5. The van der Waals surface area contributed by atoms with Crippen molar-refractivity contribution < 1.29 is 18.6 Å². The van der Waals surface area contributed by atoms with Gasteiger partial charge in [-0.25, -0.2) is 0 Å². The number of ether oxygens (including phenoxy) is 2. The molecule has 5 heteroatoms. The Morgan fingerprint density at radius 1 is 0.520 bits per heavy atom. The molecule has 3 atom stereocenters. The highest BCUT2D eigenvalue weighted by atomic mass is 16.5. The van der Waals surface area contributed by atoms with E-state index in [0.717, 1.165) is 51.5 Å². The molecule has 0 saturated heterocycles. The highest BCUT2D eigenvalue weighted by Crippen LogP contribution is 2.58. The second kappa shape index (κ2) is 9.07. The van der Waals surface area contributed by atoms with Gasteiger partial charge in [-0.3, -0.25) is 0 Å². The zero-order chi connectivity index (χ0) is 32.9. The minimum Gasteiger partial charge on any atom is -0.404 e. The lowest BCUT2D eigenvalue weighted by molar-refractivity contribution is -0.943. The molecule has 0 fully saturated rings. The van der Waals surface area contributed by atoms with Gasteiger partial charge in [0.15, 0.2) is 22.6 Å². The van der Waals surface area contributed by atoms with E-state index in [1.807, 2.05) is 0 Å². The molecule has 0 N–H and O–H groups in total. The van der Waals surface area contributed by atoms with Crippen LogP contribution in [0.4, 0.5) is 0 Å². The van der Waals surface area contributed by atoms with E-state index in [0.29, 0.717) is 0 Å². The quantitative estimate of drug-likeness (QED) is 0.179. The van der Waals surface area contributed by atoms with Crippen LogP contribution in [-0.2, 0) is 5.66 Å². The van der Waals surface area contributed by atoms with Crippen molar-refractivity contribution in [2.45, 2.75) is 31.3 Å². The summed E-state index contributed by atoms with van der Waals surface area (Å²) >= 11 is 0. The summed E-state index contributed by atoms with van der Waals surface area (Å²) in [5.74, 6) is 3.77. The molecule has 0 bridgehead atoms. The molecule has 5 nitrogen and oxygen atoms in total. The Morgan fingerprint density at radius 3 is 1.74 bits per heavy atom. The Morgan fingerprint density at radius 2 is 1.10 bits per heavy atom. The summed E-state index contributed by atoms with van der Waals surface area (Å²) in [5, 5.41) is 2.46. The normalized spacial score (nSPS) is 17.6. The summed E-state index contributed by atoms with van der Waals surface area (Å²) in [6.45, 7) is 4.58. The Kier molecular flexibility index (Phi) is 4.85. The van der Waals surface area contributed by atoms with E-state index in [1.165, 1.54) is 44.1 Å². The molecule has 12 rings (SSSR count). The Hall–Kier alpha value is -6.20. The van der Waals surface area contributed by atoms with Gasteiger partial charge in [0.1, 0.15) is 0 Å². The standard InChI is InChI=1S/C45H31N3O2/c1-26(28-12-5-3-6-13-28)30-22-36-37-23-31(27(2)29-14-7-4-8-15-29)25-41-48(37)45-42-35(18-11-19-38(42)49-40(24-30)47(36)45)46-34-17-10-9-16-32(34)33-20-21-39(50-41)43(45)44(33)46/h3-27H,1-2H3/q+2. The molecule has 50 heavy (non-hydrogen) atoms. The van der Waals surface area contributed by atoms with Crippen LogP contribution in [0, 0.1) is 0 Å². The minimum atomic E-state index is -0.736. The fourth-order valence-electron chi connectivity index (χ4n) is 9.49. The number of benzene rings is 5. The lowest BCUT2D eigenvalue weighted by Crippen LogP contribution is -2.74. The van der Waals surface area contributed by atoms with Crippen LogP contribution in [0.5, 0.6) is 23.3 Å². The molecule has 3 unspecified atom stereocenters. The first-order valence-corrected chi connectivity index (χ1v) is 17.5. The van der Waals surface area contributed by atoms with E-state index in [1.54, 1.807) is 0 Å². The molecule has 0 radical (unpaired) electrons. The van der Waals surface area contributed by atoms with E-state index in [9.17, 15) is 0 Å². The van der Waals surface area contributed by atoms with E-state index in [-0.39, 0.29) is 11.8 Å². The minimum absolute atomic E-state index is 0.167. The summed E-state index contributed by atoms with van der Waals surface area (Å²) in [5.41, 5.74) is 12.3. The average molecular weight is 646 g/mol. The van der Waals surface area contributed by atoms with Crippen molar-refractivity contribution in [1.29, 1.82) is 0 Å². The number of rotatable bonds is 4. The van der Waals surface area contributed by atoms with Crippen molar-refractivity contribution in [2.24, 2.45) is 0 Å². The van der Waals surface area contributed by atoms with Crippen LogP contribution in [0.1, 0.15) is 59.1 Å². The number of hydrogen-bond acceptors (Lipinski definition) is 2. The average Bonchev–Trinajstić information content (AvgIpc) is 3.66. The summed E-state index contributed by atoms with van der Waals surface area (Å²) in [7, 11) is 0. The van der Waals surface area contributed by atoms with E-state index < -0.39 is 5.66 Å². The van der Waals surface area contributed by atoms with Crippen molar-refractivity contribution in [3.63, 3.8) is 0 Å². The number of hydrogen-bond donors (Lipinski definition) is 0. The van der Waals surface area contributed by atoms with Crippen LogP contribution >= 0.6 is 0 Å². The Labute approximate surface area is 288 Å². The van der Waals surface area contributed by atoms with E-state index in [2.05, 4.69) is 167 Å². The predicted octanol–water partition coefficient (Wildman–Crippen LogP) is 9.47. The maximum absolute atomic E-state index is 7.10. The van der Waals surface area contributed by atoms with Crippen LogP contribution < -0.4 is 18.6 Å². The van der Waals surface area contributed by atoms with Crippen molar-refractivity contribution in [3.8, 4) is 40.3 Å². The summed E-state index contributed by atoms with van der Waals surface area (Å²) in [6.07, 6.45) is 0. The lowest BCUT2D eigenvalue weighted by Gasteiger charge is -2.36. The summed E-state index contributed by atoms with van der Waals surface area (Å²) in [6, 6.07) is 50.6. The van der Waals surface area contributed by atoms with Crippen LogP contribution in [0.15, 0.2) is 140 Å². The first kappa shape index (κ1) is 26.7. The SMILES string of the molecule is CC(c1ccccc1)c1cc2[n+]3c(c1)-c1cc(C(C)c4ccccc4)cc4[n+]1C31c3c(cccc3-n3c5ccccc5c5ccc(c1c53)O4)O2. The first-order chi connectivity index (χ1) is 24.6. The van der Waals surface area contributed by atoms with Crippen molar-refractivity contribution in [3.05, 3.63) is 173 Å². The molecular formula is C45H31N3O2+2. The Bertz CT molecular complexity index is 2710. The second-order valence-corrected chi connectivity index (χ2v) is 14.2. The molecule has 0 saturated carbocycles. The third kappa shape index (κ3) is 3.02. The van der Waals surface area contributed by atoms with Crippen molar-refractivity contribution >= 4 is 21.8 Å². The molecule has 8 aromatic rings. The van der Waals surface area contributed by atoms with Gasteiger partial charge in [0, 0.05) is 34.7 Å². The topological polar surface area (TPSA) is 31.2 Å². The molecule has 5 aromatic carbocycles. The molecule has 4 aliphatic rings. The summed E-state index contributed by atoms with van der Waals surface area (Å²) < 4.78 is 21.5. The molecule has 1 spiro atoms. The third-order valence-electron chi connectivity index (χ3n) is 11.8. The van der Waals surface area contributed by atoms with Crippen LogP contribution in [0.3, 0.4) is 0 Å². The van der Waals surface area contributed by atoms with Gasteiger partial charge >= 0.3 is 17.4 Å². The largest absolute Gasteiger partial charge is 0.433 e. The zero-order valence-electron chi connectivity index (χ0n) is 27.6. The molecule has 0 aliphatic carbocycles. The van der Waals surface area contributed by atoms with Gasteiger partial charge in [-0.2, -0.15) is 0 Å². The van der Waals surface area contributed by atoms with Gasteiger partial charge in [-0.1, -0.05) is 108 Å². The molecule has 0 amide bonds. The Balaban J connectivity index is 1.25. The maximum Gasteiger partial charge on any atom is 0.433 e. The predicted molar refractivity (Wildman–Crippen MR) is 193 cm³/mol. The van der Waals surface area contributed by atoms with Crippen LogP contribution in [-0.4, -0.2) is 4.57 Å². The number of pyridine rings is 2. The molecule has 7 heterocycles. The van der Waals surface area contributed by atoms with Gasteiger partial charge in [0.05, 0.1) is 28.9 Å².